The van der Waals surface area contributed by atoms with Crippen LogP contribution in [0.15, 0.2) is 48.5 Å². The zero-order valence-corrected chi connectivity index (χ0v) is 15.4. The summed E-state index contributed by atoms with van der Waals surface area (Å²) in [6.45, 7) is 1.81. The topological polar surface area (TPSA) is 32.8 Å². The lowest BCUT2D eigenvalue weighted by Crippen LogP contribution is -2.47. The van der Waals surface area contributed by atoms with E-state index in [4.69, 9.17) is 4.74 Å². The van der Waals surface area contributed by atoms with Crippen molar-refractivity contribution in [1.29, 1.82) is 0 Å². The molecule has 0 N–H and O–H groups in total. The van der Waals surface area contributed by atoms with E-state index < -0.39 is 17.8 Å². The average Bonchev–Trinajstić information content (AvgIpc) is 3.10. The minimum atomic E-state index is -4.46. The van der Waals surface area contributed by atoms with Crippen LogP contribution in [0.1, 0.15) is 28.2 Å². The number of fused-ring (bicyclic) bond motifs is 3. The van der Waals surface area contributed by atoms with Crippen molar-refractivity contribution in [3.63, 3.8) is 0 Å². The van der Waals surface area contributed by atoms with Gasteiger partial charge >= 0.3 is 12.3 Å². The first-order valence-corrected chi connectivity index (χ1v) is 9.18. The van der Waals surface area contributed by atoms with E-state index in [1.54, 1.807) is 6.07 Å². The highest BCUT2D eigenvalue weighted by Gasteiger charge is 2.46. The first-order chi connectivity index (χ1) is 13.4. The molecule has 1 fully saturated rings. The van der Waals surface area contributed by atoms with Gasteiger partial charge in [0.15, 0.2) is 0 Å². The molecule has 4 rings (SSSR count). The zero-order chi connectivity index (χ0) is 19.9. The number of ether oxygens (including phenoxy) is 1. The van der Waals surface area contributed by atoms with Crippen molar-refractivity contribution < 1.29 is 22.7 Å². The van der Waals surface area contributed by atoms with E-state index >= 15 is 0 Å². The third-order valence-electron chi connectivity index (χ3n) is 5.67. The van der Waals surface area contributed by atoms with Crippen molar-refractivity contribution in [1.82, 2.24) is 9.80 Å². The average molecular weight is 390 g/mol. The highest BCUT2D eigenvalue weighted by Crippen LogP contribution is 2.43. The fourth-order valence-corrected chi connectivity index (χ4v) is 4.46. The first kappa shape index (κ1) is 18.8. The van der Waals surface area contributed by atoms with Crippen molar-refractivity contribution in [2.45, 2.75) is 31.2 Å². The zero-order valence-electron chi connectivity index (χ0n) is 15.4. The Morgan fingerprint density at radius 1 is 1.11 bits per heavy atom. The van der Waals surface area contributed by atoms with Gasteiger partial charge in [-0.15, -0.1) is 0 Å². The van der Waals surface area contributed by atoms with Crippen LogP contribution in [0.3, 0.4) is 0 Å². The minimum absolute atomic E-state index is 0.0853. The molecule has 2 aromatic rings. The molecule has 2 aromatic carbocycles. The summed E-state index contributed by atoms with van der Waals surface area (Å²) in [5.74, 6) is -0.172. The maximum Gasteiger partial charge on any atom is 0.416 e. The molecule has 2 aliphatic heterocycles. The fraction of sp³-hybridized carbons (Fsp3) is 0.381. The lowest BCUT2D eigenvalue weighted by molar-refractivity contribution is -0.138. The molecule has 0 aromatic heterocycles. The first-order valence-electron chi connectivity index (χ1n) is 9.18. The number of nitrogens with zero attached hydrogens (tertiary/aromatic N) is 2. The Balaban J connectivity index is 1.70. The highest BCUT2D eigenvalue weighted by molar-refractivity contribution is 5.69. The molecule has 4 nitrogen and oxygen atoms in total. The van der Waals surface area contributed by atoms with Crippen molar-refractivity contribution in [2.24, 2.45) is 0 Å². The van der Waals surface area contributed by atoms with Gasteiger partial charge in [-0.3, -0.25) is 9.80 Å². The number of carbonyl (C=O) groups excluding carboxylic acids is 1. The normalized spacial score (nSPS) is 21.9. The van der Waals surface area contributed by atoms with Crippen molar-refractivity contribution in [3.8, 4) is 0 Å². The smallest absolute Gasteiger partial charge is 0.416 e. The SMILES string of the molecule is COC(=O)N1Cc2c(cccc2C(F)(F)F)C2CN(Cc3ccccc3)CC21. The number of alkyl halides is 3. The minimum Gasteiger partial charge on any atom is -0.453 e. The van der Waals surface area contributed by atoms with Gasteiger partial charge in [0.25, 0.3) is 0 Å². The van der Waals surface area contributed by atoms with Gasteiger partial charge in [-0.1, -0.05) is 42.5 Å². The van der Waals surface area contributed by atoms with E-state index in [9.17, 15) is 18.0 Å². The van der Waals surface area contributed by atoms with Gasteiger partial charge in [0, 0.05) is 25.6 Å². The summed E-state index contributed by atoms with van der Waals surface area (Å²) in [5.41, 5.74) is 1.34. The molecular weight excluding hydrogens is 369 g/mol. The Labute approximate surface area is 161 Å². The van der Waals surface area contributed by atoms with Crippen LogP contribution in [0.25, 0.3) is 0 Å². The Bertz CT molecular complexity index is 870. The van der Waals surface area contributed by atoms with Gasteiger partial charge in [-0.2, -0.15) is 13.2 Å². The predicted octanol–water partition coefficient (Wildman–Crippen LogP) is 4.26. The number of halogens is 3. The molecule has 1 amide bonds. The van der Waals surface area contributed by atoms with Crippen LogP contribution in [0, 0.1) is 0 Å². The standard InChI is InChI=1S/C21H21F3N2O2/c1-28-20(27)26-12-16-15(8-5-9-18(16)21(22,23)24)17-11-25(13-19(17)26)10-14-6-3-2-4-7-14/h2-9,17,19H,10-13H2,1H3. The number of rotatable bonds is 2. The predicted molar refractivity (Wildman–Crippen MR) is 97.6 cm³/mol. The van der Waals surface area contributed by atoms with Gasteiger partial charge in [0.1, 0.15) is 0 Å². The molecule has 0 radical (unpaired) electrons. The summed E-state index contributed by atoms with van der Waals surface area (Å²) in [4.78, 5) is 16.0. The Morgan fingerprint density at radius 3 is 2.54 bits per heavy atom. The summed E-state index contributed by atoms with van der Waals surface area (Å²) >= 11 is 0. The lowest BCUT2D eigenvalue weighted by atomic mass is 9.83. The van der Waals surface area contributed by atoms with Crippen LogP contribution in [0.5, 0.6) is 0 Å². The summed E-state index contributed by atoms with van der Waals surface area (Å²) in [6, 6.07) is 14.0. The third-order valence-corrected chi connectivity index (χ3v) is 5.67. The number of hydrogen-bond donors (Lipinski definition) is 0. The second kappa shape index (κ2) is 7.13. The number of likely N-dealkylation sites (tertiary alicyclic amines) is 1. The number of carbonyl (C=O) groups is 1. The van der Waals surface area contributed by atoms with E-state index in [-0.39, 0.29) is 24.1 Å². The number of methoxy groups -OCH3 is 1. The van der Waals surface area contributed by atoms with Gasteiger partial charge < -0.3 is 4.74 Å². The van der Waals surface area contributed by atoms with Crippen LogP contribution in [0.4, 0.5) is 18.0 Å². The third kappa shape index (κ3) is 3.35. The monoisotopic (exact) mass is 390 g/mol. The molecular formula is C21H21F3N2O2. The highest BCUT2D eigenvalue weighted by atomic mass is 19.4. The second-order valence-electron chi connectivity index (χ2n) is 7.32. The largest absolute Gasteiger partial charge is 0.453 e. The molecule has 2 unspecified atom stereocenters. The summed E-state index contributed by atoms with van der Waals surface area (Å²) < 4.78 is 45.5. The Morgan fingerprint density at radius 2 is 1.86 bits per heavy atom. The van der Waals surface area contributed by atoms with Crippen LogP contribution in [0.2, 0.25) is 0 Å². The summed E-state index contributed by atoms with van der Waals surface area (Å²) in [7, 11) is 1.26. The Kier molecular flexibility index (Phi) is 4.79. The number of hydrogen-bond acceptors (Lipinski definition) is 3. The molecule has 7 heteroatoms. The summed E-state index contributed by atoms with van der Waals surface area (Å²) in [6.07, 6.45) is -5.04. The number of benzene rings is 2. The molecule has 0 saturated carbocycles. The van der Waals surface area contributed by atoms with Crippen molar-refractivity contribution in [3.05, 3.63) is 70.8 Å². The van der Waals surface area contributed by atoms with E-state index in [1.165, 1.54) is 18.1 Å². The van der Waals surface area contributed by atoms with E-state index in [1.807, 2.05) is 30.3 Å². The maximum atomic E-state index is 13.5. The van der Waals surface area contributed by atoms with E-state index in [2.05, 4.69) is 4.90 Å². The van der Waals surface area contributed by atoms with Gasteiger partial charge in [0.2, 0.25) is 0 Å². The molecule has 28 heavy (non-hydrogen) atoms. The van der Waals surface area contributed by atoms with Gasteiger partial charge in [0.05, 0.1) is 25.3 Å². The van der Waals surface area contributed by atoms with Crippen molar-refractivity contribution >= 4 is 6.09 Å². The molecule has 148 valence electrons. The van der Waals surface area contributed by atoms with Crippen LogP contribution < -0.4 is 0 Å². The molecule has 0 aliphatic carbocycles. The molecule has 2 heterocycles. The molecule has 0 spiro atoms. The lowest BCUT2D eigenvalue weighted by Gasteiger charge is -2.38. The fourth-order valence-electron chi connectivity index (χ4n) is 4.46. The summed E-state index contributed by atoms with van der Waals surface area (Å²) in [5, 5.41) is 0. The van der Waals surface area contributed by atoms with E-state index in [0.717, 1.165) is 11.6 Å². The maximum absolute atomic E-state index is 13.5. The number of amides is 1. The molecule has 2 aliphatic rings. The molecule has 0 bridgehead atoms. The molecule has 2 atom stereocenters. The van der Waals surface area contributed by atoms with Crippen molar-refractivity contribution in [2.75, 3.05) is 20.2 Å². The van der Waals surface area contributed by atoms with Crippen LogP contribution in [-0.4, -0.2) is 42.1 Å². The van der Waals surface area contributed by atoms with Gasteiger partial charge in [-0.05, 0) is 22.8 Å². The van der Waals surface area contributed by atoms with Crippen LogP contribution in [-0.2, 0) is 24.0 Å². The Hall–Kier alpha value is -2.54. The second-order valence-corrected chi connectivity index (χ2v) is 7.32. The quantitative estimate of drug-likeness (QED) is 0.768. The van der Waals surface area contributed by atoms with Gasteiger partial charge in [-0.25, -0.2) is 4.79 Å². The molecule has 1 saturated heterocycles. The van der Waals surface area contributed by atoms with Crippen LogP contribution >= 0.6 is 0 Å². The van der Waals surface area contributed by atoms with E-state index in [0.29, 0.717) is 25.2 Å².